The minimum atomic E-state index is -3.42. The van der Waals surface area contributed by atoms with Crippen molar-refractivity contribution in [3.63, 3.8) is 0 Å². The Morgan fingerprint density at radius 1 is 0.547 bits per heavy atom. The van der Waals surface area contributed by atoms with Crippen LogP contribution in [0.3, 0.4) is 0 Å². The number of anilines is 4. The van der Waals surface area contributed by atoms with Crippen LogP contribution in [0.2, 0.25) is 0 Å². The summed E-state index contributed by atoms with van der Waals surface area (Å²) >= 11 is 0. The predicted octanol–water partition coefficient (Wildman–Crippen LogP) is 13.3. The minimum absolute atomic E-state index is 0.0234. The van der Waals surface area contributed by atoms with Gasteiger partial charge in [-0.3, -0.25) is 4.90 Å². The average Bonchev–Trinajstić information content (AvgIpc) is 3.08. The Hall–Kier alpha value is -2.82. The predicted molar refractivity (Wildman–Crippen MR) is 273 cm³/mol. The van der Waals surface area contributed by atoms with Crippen molar-refractivity contribution in [3.8, 4) is 0 Å². The molecule has 2 aromatic rings. The first-order chi connectivity index (χ1) is 28.4. The van der Waals surface area contributed by atoms with Crippen LogP contribution in [-0.2, 0) is 36.4 Å². The third kappa shape index (κ3) is 8.54. The molecule has 0 saturated carbocycles. The number of ether oxygens (including phenoxy) is 1. The number of piperazine rings is 1. The van der Waals surface area contributed by atoms with E-state index in [4.69, 9.17) is 4.74 Å². The van der Waals surface area contributed by atoms with E-state index in [0.29, 0.717) is 26.2 Å². The fourth-order valence-electron chi connectivity index (χ4n) is 13.5. The van der Waals surface area contributed by atoms with Crippen molar-refractivity contribution in [1.82, 2.24) is 4.31 Å². The van der Waals surface area contributed by atoms with Crippen molar-refractivity contribution in [1.29, 1.82) is 0 Å². The van der Waals surface area contributed by atoms with Crippen LogP contribution < -0.4 is 14.7 Å². The average molecular weight is 909 g/mol. The van der Waals surface area contributed by atoms with E-state index in [2.05, 4.69) is 200 Å². The second-order valence-electron chi connectivity index (χ2n) is 27.3. The van der Waals surface area contributed by atoms with E-state index in [-0.39, 0.29) is 23.2 Å². The molecule has 1 fully saturated rings. The van der Waals surface area contributed by atoms with Crippen LogP contribution in [0.4, 0.5) is 27.5 Å². The fourth-order valence-corrected chi connectivity index (χ4v) is 14.8. The molecule has 2 heterocycles. The van der Waals surface area contributed by atoms with Crippen LogP contribution in [0, 0.1) is 21.7 Å². The molecule has 0 unspecified atom stereocenters. The van der Waals surface area contributed by atoms with Gasteiger partial charge < -0.3 is 19.6 Å². The van der Waals surface area contributed by atoms with Crippen LogP contribution >= 0.6 is 0 Å². The normalized spacial score (nSPS) is 18.7. The zero-order chi connectivity index (χ0) is 49.8. The summed E-state index contributed by atoms with van der Waals surface area (Å²) in [7, 11) is -1.89. The van der Waals surface area contributed by atoms with Crippen LogP contribution in [0.15, 0.2) is 24.3 Å². The van der Waals surface area contributed by atoms with Crippen LogP contribution in [0.5, 0.6) is 0 Å². The summed E-state index contributed by atoms with van der Waals surface area (Å²) in [6, 6.07) is 8.93. The van der Waals surface area contributed by atoms with E-state index in [1.807, 2.05) is 4.90 Å². The first kappa shape index (κ1) is 53.8. The zero-order valence-electron chi connectivity index (χ0n) is 45.3. The molecule has 4 rings (SSSR count). The standard InChI is InChI=1S/C54H92N4O5S/c1-45(2,3)38-39(46(4,5)6)41(48(10,11)12)43-42(40(38)47(7,8)9)57(37-28-26-36(27-29-37)55-30-32-56(33-31-55)64(61,62)35-34-63-25)53(49(13,14)15,50(16,17)18)54(51(19,20)21,52(22,23)24)58(43)44(59)60/h26-29H,30-35H2,1-25H3,(H,59,60). The number of sulfonamides is 1. The van der Waals surface area contributed by atoms with Crippen molar-refractivity contribution < 1.29 is 23.1 Å². The van der Waals surface area contributed by atoms with E-state index in [9.17, 15) is 13.5 Å². The largest absolute Gasteiger partial charge is 0.465 e. The van der Waals surface area contributed by atoms with Gasteiger partial charge in [0.05, 0.1) is 34.8 Å². The highest BCUT2D eigenvalue weighted by Crippen LogP contribution is 2.74. The van der Waals surface area contributed by atoms with Crippen LogP contribution in [0.25, 0.3) is 0 Å². The molecule has 0 aliphatic carbocycles. The Bertz CT molecular complexity index is 2120. The molecule has 10 heteroatoms. The lowest BCUT2D eigenvalue weighted by Gasteiger charge is -2.79. The maximum atomic E-state index is 15.3. The first-order valence-electron chi connectivity index (χ1n) is 23.8. The molecule has 0 spiro atoms. The molecule has 0 radical (unpaired) electrons. The van der Waals surface area contributed by atoms with Gasteiger partial charge >= 0.3 is 6.09 Å². The molecular weight excluding hydrogens is 817 g/mol. The smallest absolute Gasteiger partial charge is 0.412 e. The Morgan fingerprint density at radius 3 is 1.20 bits per heavy atom. The number of carboxylic acid groups (broad SMARTS) is 1. The van der Waals surface area contributed by atoms with Gasteiger partial charge in [-0.15, -0.1) is 0 Å². The molecule has 64 heavy (non-hydrogen) atoms. The SMILES string of the molecule is COCCS(=O)(=O)N1CCN(c2ccc(N3c4c(c(C(C)(C)C)c(C(C)(C)C)c(C(C)(C)C)c4C(C)(C)C)N(C(=O)O)C(C(C)(C)C)(C(C)(C)C)C3(C(C)(C)C)C(C)(C)C)cc2)CC1. The Labute approximate surface area is 392 Å². The molecule has 1 amide bonds. The first-order valence-corrected chi connectivity index (χ1v) is 25.4. The summed E-state index contributed by atoms with van der Waals surface area (Å²) in [5, 5.41) is 12.5. The maximum Gasteiger partial charge on any atom is 0.412 e. The van der Waals surface area contributed by atoms with Gasteiger partial charge in [-0.25, -0.2) is 13.2 Å². The van der Waals surface area contributed by atoms with Gasteiger partial charge in [0.2, 0.25) is 10.0 Å². The number of hydrogen-bond acceptors (Lipinski definition) is 6. The van der Waals surface area contributed by atoms with Crippen LogP contribution in [0.1, 0.15) is 188 Å². The van der Waals surface area contributed by atoms with Gasteiger partial charge in [-0.1, -0.05) is 166 Å². The molecule has 1 N–H and O–H groups in total. The van der Waals surface area contributed by atoms with Gasteiger partial charge in [0.25, 0.3) is 0 Å². The van der Waals surface area contributed by atoms with Crippen molar-refractivity contribution in [2.75, 3.05) is 60.3 Å². The number of benzene rings is 2. The van der Waals surface area contributed by atoms with Gasteiger partial charge in [0, 0.05) is 44.7 Å². The molecule has 0 atom stereocenters. The second kappa shape index (κ2) is 16.5. The van der Waals surface area contributed by atoms with Gasteiger partial charge in [0.1, 0.15) is 0 Å². The third-order valence-electron chi connectivity index (χ3n) is 14.3. The molecule has 0 aromatic heterocycles. The van der Waals surface area contributed by atoms with Crippen molar-refractivity contribution in [3.05, 3.63) is 46.5 Å². The van der Waals surface area contributed by atoms with E-state index in [1.54, 1.807) is 4.31 Å². The number of rotatable bonds is 6. The van der Waals surface area contributed by atoms with E-state index >= 15 is 4.79 Å². The summed E-state index contributed by atoms with van der Waals surface area (Å²) < 4.78 is 32.9. The van der Waals surface area contributed by atoms with Gasteiger partial charge in [0.15, 0.2) is 0 Å². The zero-order valence-corrected chi connectivity index (χ0v) is 46.1. The highest BCUT2D eigenvalue weighted by Gasteiger charge is 2.79. The number of amides is 1. The lowest BCUT2D eigenvalue weighted by molar-refractivity contribution is -0.118. The number of nitrogens with zero attached hydrogens (tertiary/aromatic N) is 4. The highest BCUT2D eigenvalue weighted by molar-refractivity contribution is 7.89. The number of hydrogen-bond donors (Lipinski definition) is 1. The summed E-state index contributed by atoms with van der Waals surface area (Å²) in [5.74, 6) is -0.0234. The molecule has 364 valence electrons. The Morgan fingerprint density at radius 2 is 0.891 bits per heavy atom. The van der Waals surface area contributed by atoms with Crippen molar-refractivity contribution >= 4 is 38.9 Å². The third-order valence-corrected chi connectivity index (χ3v) is 16.1. The lowest BCUT2D eigenvalue weighted by atomic mass is 9.38. The molecule has 0 bridgehead atoms. The maximum absolute atomic E-state index is 15.3. The Balaban J connectivity index is 2.46. The Kier molecular flexibility index (Phi) is 13.8. The number of methoxy groups -OCH3 is 1. The molecule has 2 aromatic carbocycles. The molecule has 2 aliphatic heterocycles. The molecule has 1 saturated heterocycles. The second-order valence-corrected chi connectivity index (χ2v) is 29.4. The monoisotopic (exact) mass is 909 g/mol. The van der Waals surface area contributed by atoms with Gasteiger partial charge in [-0.2, -0.15) is 4.31 Å². The number of carbonyl (C=O) groups is 1. The quantitative estimate of drug-likeness (QED) is 0.308. The minimum Gasteiger partial charge on any atom is -0.465 e. The summed E-state index contributed by atoms with van der Waals surface area (Å²) in [6.45, 7) is 57.5. The molecule has 9 nitrogen and oxygen atoms in total. The highest BCUT2D eigenvalue weighted by atomic mass is 32.2. The van der Waals surface area contributed by atoms with Gasteiger partial charge in [-0.05, 0) is 89.8 Å². The number of fused-ring (bicyclic) bond motifs is 1. The fraction of sp³-hybridized carbons (Fsp3) is 0.759. The summed E-state index contributed by atoms with van der Waals surface area (Å²) in [4.78, 5) is 22.2. The van der Waals surface area contributed by atoms with E-state index < -0.39 is 59.7 Å². The summed E-state index contributed by atoms with van der Waals surface area (Å²) in [6.07, 6.45) is -0.934. The molecule has 2 aliphatic rings. The topological polar surface area (TPSA) is 93.6 Å². The summed E-state index contributed by atoms with van der Waals surface area (Å²) in [5.41, 5.74) is 2.65. The van der Waals surface area contributed by atoms with Crippen LogP contribution in [-0.4, -0.2) is 80.6 Å². The van der Waals surface area contributed by atoms with E-state index in [1.165, 1.54) is 23.8 Å². The van der Waals surface area contributed by atoms with Crippen molar-refractivity contribution in [2.24, 2.45) is 21.7 Å². The van der Waals surface area contributed by atoms with E-state index in [0.717, 1.165) is 28.3 Å². The van der Waals surface area contributed by atoms with Crippen molar-refractivity contribution in [2.45, 2.75) is 199 Å². The lowest BCUT2D eigenvalue weighted by Crippen LogP contribution is -2.89. The molecular formula is C54H92N4O5S.